The zero-order chi connectivity index (χ0) is 15.5. The number of likely N-dealkylation sites (tertiary alicyclic amines) is 1. The van der Waals surface area contributed by atoms with Crippen molar-refractivity contribution in [2.75, 3.05) is 30.9 Å². The molecule has 3 N–H and O–H groups in total. The molecule has 7 nitrogen and oxygen atoms in total. The molecule has 1 aromatic rings. The SMILES string of the molecule is Cl.Nc1cc2c(cc1NC(=O)CN1CCCCCC1=O)OCO2. The molecule has 0 bridgehead atoms. The van der Waals surface area contributed by atoms with Gasteiger partial charge in [0.25, 0.3) is 0 Å². The van der Waals surface area contributed by atoms with Gasteiger partial charge in [0, 0.05) is 25.1 Å². The molecule has 0 atom stereocenters. The summed E-state index contributed by atoms with van der Waals surface area (Å²) in [5.41, 5.74) is 6.77. The van der Waals surface area contributed by atoms with E-state index in [-0.39, 0.29) is 37.6 Å². The van der Waals surface area contributed by atoms with Gasteiger partial charge >= 0.3 is 0 Å². The number of nitrogens with one attached hydrogen (secondary N) is 1. The van der Waals surface area contributed by atoms with Crippen LogP contribution in [-0.4, -0.2) is 36.6 Å². The number of carbonyl (C=O) groups excluding carboxylic acids is 2. The van der Waals surface area contributed by atoms with Crippen LogP contribution in [0.15, 0.2) is 12.1 Å². The van der Waals surface area contributed by atoms with Crippen LogP contribution < -0.4 is 20.5 Å². The number of nitrogens with zero attached hydrogens (tertiary/aromatic N) is 1. The molecule has 1 aromatic carbocycles. The van der Waals surface area contributed by atoms with Gasteiger partial charge in [-0.25, -0.2) is 0 Å². The van der Waals surface area contributed by atoms with Crippen LogP contribution in [0.5, 0.6) is 11.5 Å². The number of nitrogen functional groups attached to an aromatic ring is 1. The van der Waals surface area contributed by atoms with Crippen LogP contribution >= 0.6 is 12.4 Å². The number of benzene rings is 1. The lowest BCUT2D eigenvalue weighted by molar-refractivity contribution is -0.134. The van der Waals surface area contributed by atoms with E-state index >= 15 is 0 Å². The number of rotatable bonds is 3. The number of hydrogen-bond donors (Lipinski definition) is 2. The Morgan fingerprint density at radius 1 is 1.22 bits per heavy atom. The highest BCUT2D eigenvalue weighted by Gasteiger charge is 2.21. The molecule has 0 spiro atoms. The molecule has 2 heterocycles. The quantitative estimate of drug-likeness (QED) is 0.817. The number of amides is 2. The van der Waals surface area contributed by atoms with Crippen LogP contribution in [0.3, 0.4) is 0 Å². The van der Waals surface area contributed by atoms with Gasteiger partial charge in [-0.2, -0.15) is 0 Å². The number of ether oxygens (including phenoxy) is 2. The van der Waals surface area contributed by atoms with Crippen molar-refractivity contribution in [2.45, 2.75) is 25.7 Å². The lowest BCUT2D eigenvalue weighted by Crippen LogP contribution is -2.37. The Bertz CT molecular complexity index is 609. The van der Waals surface area contributed by atoms with Crippen LogP contribution in [0.4, 0.5) is 11.4 Å². The summed E-state index contributed by atoms with van der Waals surface area (Å²) in [6, 6.07) is 3.26. The second kappa shape index (κ2) is 7.41. The number of anilines is 2. The van der Waals surface area contributed by atoms with Gasteiger partial charge in [-0.05, 0) is 12.8 Å². The van der Waals surface area contributed by atoms with Crippen LogP contribution in [0.25, 0.3) is 0 Å². The third-order valence-electron chi connectivity index (χ3n) is 3.82. The maximum Gasteiger partial charge on any atom is 0.244 e. The summed E-state index contributed by atoms with van der Waals surface area (Å²) in [7, 11) is 0. The number of fused-ring (bicyclic) bond motifs is 1. The smallest absolute Gasteiger partial charge is 0.244 e. The molecule has 23 heavy (non-hydrogen) atoms. The van der Waals surface area contributed by atoms with Gasteiger partial charge in [-0.15, -0.1) is 12.4 Å². The zero-order valence-corrected chi connectivity index (χ0v) is 13.5. The van der Waals surface area contributed by atoms with Gasteiger partial charge in [0.15, 0.2) is 11.5 Å². The third kappa shape index (κ3) is 3.98. The average molecular weight is 342 g/mol. The Hall–Kier alpha value is -2.15. The van der Waals surface area contributed by atoms with E-state index in [1.165, 1.54) is 0 Å². The molecule has 1 saturated heterocycles. The second-order valence-corrected chi connectivity index (χ2v) is 5.47. The number of hydrogen-bond acceptors (Lipinski definition) is 5. The Kier molecular flexibility index (Phi) is 5.54. The number of carbonyl (C=O) groups is 2. The first-order chi connectivity index (χ1) is 10.6. The summed E-state index contributed by atoms with van der Waals surface area (Å²) >= 11 is 0. The van der Waals surface area contributed by atoms with E-state index < -0.39 is 0 Å². The summed E-state index contributed by atoms with van der Waals surface area (Å²) in [6.07, 6.45) is 3.37. The largest absolute Gasteiger partial charge is 0.454 e. The van der Waals surface area contributed by atoms with E-state index in [9.17, 15) is 9.59 Å². The number of nitrogens with two attached hydrogens (primary N) is 1. The highest BCUT2D eigenvalue weighted by atomic mass is 35.5. The van der Waals surface area contributed by atoms with E-state index in [2.05, 4.69) is 5.32 Å². The molecule has 3 rings (SSSR count). The second-order valence-electron chi connectivity index (χ2n) is 5.47. The standard InChI is InChI=1S/C15H19N3O4.ClH/c16-10-6-12-13(22-9-21-12)7-11(10)17-14(19)8-18-5-3-1-2-4-15(18)20;/h6-7H,1-5,8-9,16H2,(H,17,19);1H. The topological polar surface area (TPSA) is 93.9 Å². The van der Waals surface area contributed by atoms with Gasteiger partial charge in [-0.3, -0.25) is 9.59 Å². The lowest BCUT2D eigenvalue weighted by atomic mass is 10.2. The molecule has 2 amide bonds. The highest BCUT2D eigenvalue weighted by molar-refractivity contribution is 5.97. The van der Waals surface area contributed by atoms with Crippen molar-refractivity contribution in [3.8, 4) is 11.5 Å². The molecule has 0 aliphatic carbocycles. The van der Waals surface area contributed by atoms with Crippen LogP contribution in [0.2, 0.25) is 0 Å². The monoisotopic (exact) mass is 341 g/mol. The molecule has 0 radical (unpaired) electrons. The van der Waals surface area contributed by atoms with E-state index in [4.69, 9.17) is 15.2 Å². The first-order valence-electron chi connectivity index (χ1n) is 7.40. The van der Waals surface area contributed by atoms with E-state index in [0.29, 0.717) is 35.8 Å². The molecular formula is C15H20ClN3O4. The lowest BCUT2D eigenvalue weighted by Gasteiger charge is -2.20. The molecule has 1 fully saturated rings. The van der Waals surface area contributed by atoms with Crippen LogP contribution in [0.1, 0.15) is 25.7 Å². The molecule has 8 heteroatoms. The molecular weight excluding hydrogens is 322 g/mol. The summed E-state index contributed by atoms with van der Waals surface area (Å²) in [4.78, 5) is 25.7. The summed E-state index contributed by atoms with van der Waals surface area (Å²) in [5, 5.41) is 2.73. The van der Waals surface area contributed by atoms with Gasteiger partial charge < -0.3 is 25.4 Å². The molecule has 0 unspecified atom stereocenters. The van der Waals surface area contributed by atoms with Crippen molar-refractivity contribution in [1.82, 2.24) is 4.90 Å². The fraction of sp³-hybridized carbons (Fsp3) is 0.467. The minimum Gasteiger partial charge on any atom is -0.454 e. The van der Waals surface area contributed by atoms with Crippen molar-refractivity contribution in [2.24, 2.45) is 0 Å². The van der Waals surface area contributed by atoms with Gasteiger partial charge in [0.2, 0.25) is 18.6 Å². The zero-order valence-electron chi connectivity index (χ0n) is 12.7. The Morgan fingerprint density at radius 3 is 2.74 bits per heavy atom. The molecule has 0 saturated carbocycles. The highest BCUT2D eigenvalue weighted by Crippen LogP contribution is 2.38. The minimum atomic E-state index is -0.263. The van der Waals surface area contributed by atoms with Gasteiger partial charge in [-0.1, -0.05) is 6.42 Å². The fourth-order valence-electron chi connectivity index (χ4n) is 2.63. The third-order valence-corrected chi connectivity index (χ3v) is 3.82. The summed E-state index contributed by atoms with van der Waals surface area (Å²) in [6.45, 7) is 0.823. The molecule has 2 aliphatic rings. The van der Waals surface area contributed by atoms with E-state index in [0.717, 1.165) is 19.3 Å². The van der Waals surface area contributed by atoms with Crippen molar-refractivity contribution in [1.29, 1.82) is 0 Å². The van der Waals surface area contributed by atoms with Gasteiger partial charge in [0.1, 0.15) is 0 Å². The van der Waals surface area contributed by atoms with E-state index in [1.807, 2.05) is 0 Å². The summed E-state index contributed by atoms with van der Waals surface area (Å²) in [5.74, 6) is 0.890. The Labute approximate surface area is 140 Å². The Balaban J connectivity index is 0.00000192. The minimum absolute atomic E-state index is 0. The maximum absolute atomic E-state index is 12.2. The Morgan fingerprint density at radius 2 is 1.96 bits per heavy atom. The average Bonchev–Trinajstić information content (AvgIpc) is 2.83. The number of halogens is 1. The normalized spacial score (nSPS) is 16.5. The molecule has 2 aliphatic heterocycles. The first-order valence-corrected chi connectivity index (χ1v) is 7.40. The van der Waals surface area contributed by atoms with Crippen molar-refractivity contribution in [3.63, 3.8) is 0 Å². The maximum atomic E-state index is 12.2. The first kappa shape index (κ1) is 17.2. The van der Waals surface area contributed by atoms with E-state index in [1.54, 1.807) is 17.0 Å². The predicted molar refractivity (Wildman–Crippen MR) is 87.9 cm³/mol. The predicted octanol–water partition coefficient (Wildman–Crippen LogP) is 1.76. The van der Waals surface area contributed by atoms with Gasteiger partial charge in [0.05, 0.1) is 17.9 Å². The van der Waals surface area contributed by atoms with Crippen molar-refractivity contribution in [3.05, 3.63) is 12.1 Å². The molecule has 0 aromatic heterocycles. The molecule has 126 valence electrons. The van der Waals surface area contributed by atoms with Crippen molar-refractivity contribution >= 4 is 35.6 Å². The fourth-order valence-corrected chi connectivity index (χ4v) is 2.63. The van der Waals surface area contributed by atoms with Crippen molar-refractivity contribution < 1.29 is 19.1 Å². The summed E-state index contributed by atoms with van der Waals surface area (Å²) < 4.78 is 10.5. The van der Waals surface area contributed by atoms with Crippen LogP contribution in [0, 0.1) is 0 Å². The van der Waals surface area contributed by atoms with Crippen LogP contribution in [-0.2, 0) is 9.59 Å².